The molecule has 0 unspecified atom stereocenters. The van der Waals surface area contributed by atoms with Crippen LogP contribution in [0.2, 0.25) is 0 Å². The summed E-state index contributed by atoms with van der Waals surface area (Å²) in [5.74, 6) is 1.50. The van der Waals surface area contributed by atoms with Crippen molar-refractivity contribution in [3.05, 3.63) is 29.8 Å². The van der Waals surface area contributed by atoms with Crippen molar-refractivity contribution < 1.29 is 14.3 Å². The fourth-order valence-corrected chi connectivity index (χ4v) is 3.04. The number of rotatable bonds is 9. The number of carbonyl (C=O) groups excluding carboxylic acids is 1. The first-order chi connectivity index (χ1) is 12.7. The van der Waals surface area contributed by atoms with Crippen molar-refractivity contribution in [3.63, 3.8) is 0 Å². The molecule has 0 aliphatic heterocycles. The Hall–Kier alpha value is -1.51. The van der Waals surface area contributed by atoms with Crippen LogP contribution in [0.1, 0.15) is 51.0 Å². The molecular weight excluding hydrogens is 457 g/mol. The molecule has 0 atom stereocenters. The van der Waals surface area contributed by atoms with Crippen LogP contribution in [0.5, 0.6) is 5.75 Å². The number of hydrogen-bond acceptors (Lipinski definition) is 4. The lowest BCUT2D eigenvalue weighted by molar-refractivity contribution is -0.148. The Morgan fingerprint density at radius 1 is 1.22 bits per heavy atom. The molecule has 0 bridgehead atoms. The molecule has 1 aromatic carbocycles. The van der Waals surface area contributed by atoms with Gasteiger partial charge in [0, 0.05) is 32.1 Å². The highest BCUT2D eigenvalue weighted by Crippen LogP contribution is 2.21. The van der Waals surface area contributed by atoms with Gasteiger partial charge >= 0.3 is 5.97 Å². The third kappa shape index (κ3) is 8.81. The average Bonchev–Trinajstić information content (AvgIpc) is 3.15. The summed E-state index contributed by atoms with van der Waals surface area (Å²) in [5, 5.41) is 6.50. The van der Waals surface area contributed by atoms with Crippen LogP contribution in [0.15, 0.2) is 29.3 Å². The van der Waals surface area contributed by atoms with E-state index in [4.69, 9.17) is 9.47 Å². The van der Waals surface area contributed by atoms with Crippen LogP contribution in [-0.2, 0) is 16.1 Å². The van der Waals surface area contributed by atoms with Gasteiger partial charge in [0.25, 0.3) is 0 Å². The average molecular weight is 489 g/mol. The van der Waals surface area contributed by atoms with E-state index in [-0.39, 0.29) is 36.0 Å². The Kier molecular flexibility index (Phi) is 11.9. The molecule has 7 heteroatoms. The van der Waals surface area contributed by atoms with Gasteiger partial charge < -0.3 is 20.1 Å². The highest BCUT2D eigenvalue weighted by molar-refractivity contribution is 14.0. The second-order valence-electron chi connectivity index (χ2n) is 6.39. The smallest absolute Gasteiger partial charge is 0.306 e. The maximum Gasteiger partial charge on any atom is 0.306 e. The zero-order valence-electron chi connectivity index (χ0n) is 16.3. The van der Waals surface area contributed by atoms with E-state index in [0.29, 0.717) is 32.1 Å². The summed E-state index contributed by atoms with van der Waals surface area (Å²) >= 11 is 0. The van der Waals surface area contributed by atoms with Gasteiger partial charge in [0.2, 0.25) is 0 Å². The Morgan fingerprint density at radius 2 is 1.96 bits per heavy atom. The molecule has 6 nitrogen and oxygen atoms in total. The molecule has 0 amide bonds. The molecule has 1 aliphatic carbocycles. The number of nitrogens with zero attached hydrogens (tertiary/aromatic N) is 1. The van der Waals surface area contributed by atoms with Gasteiger partial charge in [0.05, 0.1) is 6.61 Å². The number of carbonyl (C=O) groups is 1. The van der Waals surface area contributed by atoms with E-state index >= 15 is 0 Å². The highest BCUT2D eigenvalue weighted by atomic mass is 127. The zero-order chi connectivity index (χ0) is 18.6. The first-order valence-electron chi connectivity index (χ1n) is 9.57. The first-order valence-corrected chi connectivity index (χ1v) is 9.57. The van der Waals surface area contributed by atoms with Crippen molar-refractivity contribution in [2.75, 3.05) is 20.2 Å². The van der Waals surface area contributed by atoms with Crippen molar-refractivity contribution in [2.45, 2.75) is 58.1 Å². The van der Waals surface area contributed by atoms with E-state index in [9.17, 15) is 4.79 Å². The molecule has 0 aromatic heterocycles. The SMILES string of the molecule is CCOc1ccccc1CNC(=NC)NCCCC(=O)OC1CCCC1.I. The third-order valence-corrected chi connectivity index (χ3v) is 4.39. The summed E-state index contributed by atoms with van der Waals surface area (Å²) in [7, 11) is 1.73. The molecule has 2 rings (SSSR count). The van der Waals surface area contributed by atoms with E-state index in [1.807, 2.05) is 31.2 Å². The van der Waals surface area contributed by atoms with Gasteiger partial charge in [0.1, 0.15) is 11.9 Å². The van der Waals surface area contributed by atoms with Crippen LogP contribution >= 0.6 is 24.0 Å². The maximum atomic E-state index is 11.8. The molecule has 0 heterocycles. The van der Waals surface area contributed by atoms with Crippen LogP contribution in [0.3, 0.4) is 0 Å². The molecule has 0 spiro atoms. The fourth-order valence-electron chi connectivity index (χ4n) is 3.04. The summed E-state index contributed by atoms with van der Waals surface area (Å²) in [5.41, 5.74) is 1.08. The van der Waals surface area contributed by atoms with E-state index in [0.717, 1.165) is 30.6 Å². The monoisotopic (exact) mass is 489 g/mol. The molecule has 0 radical (unpaired) electrons. The predicted octanol–water partition coefficient (Wildman–Crippen LogP) is 3.63. The minimum atomic E-state index is -0.0905. The Labute approximate surface area is 179 Å². The number of para-hydroxylation sites is 1. The number of halogens is 1. The standard InChI is InChI=1S/C20H31N3O3.HI/c1-3-25-18-12-7-4-9-16(18)15-23-20(21-2)22-14-8-13-19(24)26-17-10-5-6-11-17;/h4,7,9,12,17H,3,5-6,8,10-11,13-15H2,1-2H3,(H2,21,22,23);1H. The molecule has 1 saturated carbocycles. The lowest BCUT2D eigenvalue weighted by Gasteiger charge is -2.14. The Bertz CT molecular complexity index is 590. The van der Waals surface area contributed by atoms with Crippen molar-refractivity contribution in [1.82, 2.24) is 10.6 Å². The molecule has 1 aliphatic rings. The van der Waals surface area contributed by atoms with E-state index in [2.05, 4.69) is 15.6 Å². The first kappa shape index (κ1) is 23.5. The predicted molar refractivity (Wildman–Crippen MR) is 119 cm³/mol. The van der Waals surface area contributed by atoms with Crippen molar-refractivity contribution in [3.8, 4) is 5.75 Å². The number of aliphatic imine (C=N–C) groups is 1. The lowest BCUT2D eigenvalue weighted by Crippen LogP contribution is -2.37. The van der Waals surface area contributed by atoms with Crippen LogP contribution in [0, 0.1) is 0 Å². The van der Waals surface area contributed by atoms with Gasteiger partial charge in [0.15, 0.2) is 5.96 Å². The second-order valence-corrected chi connectivity index (χ2v) is 6.39. The Balaban J connectivity index is 0.00000364. The number of ether oxygens (including phenoxy) is 2. The number of nitrogens with one attached hydrogen (secondary N) is 2. The highest BCUT2D eigenvalue weighted by Gasteiger charge is 2.18. The number of benzene rings is 1. The van der Waals surface area contributed by atoms with E-state index in [1.165, 1.54) is 12.8 Å². The summed E-state index contributed by atoms with van der Waals surface area (Å²) in [6, 6.07) is 7.95. The largest absolute Gasteiger partial charge is 0.494 e. The van der Waals surface area contributed by atoms with Crippen molar-refractivity contribution >= 4 is 35.9 Å². The lowest BCUT2D eigenvalue weighted by atomic mass is 10.2. The van der Waals surface area contributed by atoms with E-state index < -0.39 is 0 Å². The zero-order valence-corrected chi connectivity index (χ0v) is 18.7. The van der Waals surface area contributed by atoms with Crippen molar-refractivity contribution in [2.24, 2.45) is 4.99 Å². The normalized spacial score (nSPS) is 14.4. The van der Waals surface area contributed by atoms with Crippen LogP contribution < -0.4 is 15.4 Å². The maximum absolute atomic E-state index is 11.8. The molecule has 0 saturated heterocycles. The second kappa shape index (κ2) is 13.6. The molecule has 152 valence electrons. The van der Waals surface area contributed by atoms with Crippen LogP contribution in [0.25, 0.3) is 0 Å². The minimum Gasteiger partial charge on any atom is -0.494 e. The molecule has 1 fully saturated rings. The van der Waals surface area contributed by atoms with Gasteiger partial charge in [-0.25, -0.2) is 0 Å². The number of hydrogen-bond donors (Lipinski definition) is 2. The quantitative estimate of drug-likeness (QED) is 0.182. The van der Waals surface area contributed by atoms with Gasteiger partial charge in [-0.15, -0.1) is 24.0 Å². The molecule has 2 N–H and O–H groups in total. The molecule has 1 aromatic rings. The van der Waals surface area contributed by atoms with Gasteiger partial charge in [-0.3, -0.25) is 9.79 Å². The van der Waals surface area contributed by atoms with Gasteiger partial charge in [-0.1, -0.05) is 18.2 Å². The third-order valence-electron chi connectivity index (χ3n) is 4.39. The molecule has 27 heavy (non-hydrogen) atoms. The van der Waals surface area contributed by atoms with Crippen molar-refractivity contribution in [1.29, 1.82) is 0 Å². The Morgan fingerprint density at radius 3 is 2.67 bits per heavy atom. The summed E-state index contributed by atoms with van der Waals surface area (Å²) < 4.78 is 11.1. The number of esters is 1. The minimum absolute atomic E-state index is 0. The summed E-state index contributed by atoms with van der Waals surface area (Å²) in [4.78, 5) is 16.0. The summed E-state index contributed by atoms with van der Waals surface area (Å²) in [6.07, 6.45) is 5.69. The van der Waals surface area contributed by atoms with Crippen LogP contribution in [0.4, 0.5) is 0 Å². The van der Waals surface area contributed by atoms with Gasteiger partial charge in [-0.05, 0) is 45.1 Å². The topological polar surface area (TPSA) is 72.0 Å². The fraction of sp³-hybridized carbons (Fsp3) is 0.600. The number of guanidine groups is 1. The van der Waals surface area contributed by atoms with Crippen LogP contribution in [-0.4, -0.2) is 38.2 Å². The molecular formula is C20H32IN3O3. The summed E-state index contributed by atoms with van der Waals surface area (Å²) in [6.45, 7) is 3.91. The van der Waals surface area contributed by atoms with E-state index in [1.54, 1.807) is 7.05 Å². The van der Waals surface area contributed by atoms with Gasteiger partial charge in [-0.2, -0.15) is 0 Å².